The lowest BCUT2D eigenvalue weighted by atomic mass is 9.88. The largest absolute Gasteiger partial charge is 0.313 e. The molecule has 0 heterocycles. The van der Waals surface area contributed by atoms with Gasteiger partial charge in [0.2, 0.25) is 0 Å². The van der Waals surface area contributed by atoms with E-state index >= 15 is 0 Å². The van der Waals surface area contributed by atoms with Crippen LogP contribution in [0.4, 0.5) is 0 Å². The highest BCUT2D eigenvalue weighted by Gasteiger charge is 2.19. The lowest BCUT2D eigenvalue weighted by Crippen LogP contribution is -2.36. The zero-order valence-corrected chi connectivity index (χ0v) is 13.5. The fraction of sp³-hybridized carbons (Fsp3) is 0.400. The summed E-state index contributed by atoms with van der Waals surface area (Å²) >= 11 is 0. The van der Waals surface area contributed by atoms with E-state index < -0.39 is 0 Å². The molecule has 0 saturated carbocycles. The Morgan fingerprint density at radius 1 is 0.952 bits per heavy atom. The van der Waals surface area contributed by atoms with Crippen molar-refractivity contribution < 1.29 is 0 Å². The Labute approximate surface area is 129 Å². The highest BCUT2D eigenvalue weighted by molar-refractivity contribution is 5.28. The van der Waals surface area contributed by atoms with E-state index in [9.17, 15) is 0 Å². The summed E-state index contributed by atoms with van der Waals surface area (Å²) in [5, 5.41) is 3.74. The van der Waals surface area contributed by atoms with Gasteiger partial charge in [-0.2, -0.15) is 0 Å². The van der Waals surface area contributed by atoms with Gasteiger partial charge in [0.15, 0.2) is 0 Å². The summed E-state index contributed by atoms with van der Waals surface area (Å²) in [5.41, 5.74) is 4.26. The highest BCUT2D eigenvalue weighted by Crippen LogP contribution is 2.23. The minimum absolute atomic E-state index is 0.480. The van der Waals surface area contributed by atoms with Crippen molar-refractivity contribution in [2.24, 2.45) is 0 Å². The van der Waals surface area contributed by atoms with Gasteiger partial charge in [0.1, 0.15) is 0 Å². The predicted octanol–water partition coefficient (Wildman–Crippen LogP) is 4.71. The minimum atomic E-state index is 0.480. The van der Waals surface area contributed by atoms with Crippen LogP contribution in [0.2, 0.25) is 0 Å². The molecule has 2 atom stereocenters. The van der Waals surface area contributed by atoms with Crippen LogP contribution in [0.3, 0.4) is 0 Å². The number of hydrogen-bond donors (Lipinski definition) is 1. The lowest BCUT2D eigenvalue weighted by Gasteiger charge is -2.26. The van der Waals surface area contributed by atoms with E-state index in [1.807, 2.05) is 0 Å². The predicted molar refractivity (Wildman–Crippen MR) is 91.8 cm³/mol. The topological polar surface area (TPSA) is 12.0 Å². The second kappa shape index (κ2) is 7.99. The lowest BCUT2D eigenvalue weighted by molar-refractivity contribution is 0.446. The zero-order chi connectivity index (χ0) is 15.1. The van der Waals surface area contributed by atoms with E-state index in [1.165, 1.54) is 23.1 Å². The van der Waals surface area contributed by atoms with Crippen LogP contribution in [0.25, 0.3) is 0 Å². The first-order valence-corrected chi connectivity index (χ1v) is 8.05. The van der Waals surface area contributed by atoms with Crippen molar-refractivity contribution in [1.82, 2.24) is 5.32 Å². The molecule has 0 aromatic heterocycles. The van der Waals surface area contributed by atoms with Crippen molar-refractivity contribution >= 4 is 0 Å². The second-order valence-corrected chi connectivity index (χ2v) is 5.89. The van der Waals surface area contributed by atoms with Crippen LogP contribution in [0.1, 0.15) is 42.9 Å². The molecule has 2 aromatic rings. The van der Waals surface area contributed by atoms with Crippen LogP contribution in [0.15, 0.2) is 54.6 Å². The number of benzene rings is 2. The normalized spacial score (nSPS) is 13.9. The van der Waals surface area contributed by atoms with Gasteiger partial charge in [-0.15, -0.1) is 0 Å². The SMILES string of the molecule is CCCNC(Cc1ccccc1C)C(C)c1ccccc1. The van der Waals surface area contributed by atoms with Gasteiger partial charge in [-0.25, -0.2) is 0 Å². The number of hydrogen-bond acceptors (Lipinski definition) is 1. The molecule has 1 N–H and O–H groups in total. The monoisotopic (exact) mass is 281 g/mol. The first kappa shape index (κ1) is 15.8. The van der Waals surface area contributed by atoms with Gasteiger partial charge in [0, 0.05) is 6.04 Å². The Morgan fingerprint density at radius 2 is 1.62 bits per heavy atom. The number of rotatable bonds is 7. The molecule has 112 valence electrons. The molecule has 0 aliphatic rings. The summed E-state index contributed by atoms with van der Waals surface area (Å²) in [7, 11) is 0. The molecule has 21 heavy (non-hydrogen) atoms. The molecule has 0 amide bonds. The Kier molecular flexibility index (Phi) is 6.01. The van der Waals surface area contributed by atoms with Gasteiger partial charge < -0.3 is 5.32 Å². The average molecular weight is 281 g/mol. The second-order valence-electron chi connectivity index (χ2n) is 5.89. The molecule has 0 aliphatic carbocycles. The molecule has 1 heteroatoms. The molecule has 2 aromatic carbocycles. The molecule has 0 aliphatic heterocycles. The minimum Gasteiger partial charge on any atom is -0.313 e. The quantitative estimate of drug-likeness (QED) is 0.775. The summed E-state index contributed by atoms with van der Waals surface area (Å²) in [6, 6.07) is 20.0. The molecule has 0 spiro atoms. The molecule has 0 radical (unpaired) electrons. The molecular weight excluding hydrogens is 254 g/mol. The van der Waals surface area contributed by atoms with Crippen LogP contribution < -0.4 is 5.32 Å². The number of aryl methyl sites for hydroxylation is 1. The van der Waals surface area contributed by atoms with Gasteiger partial charge in [-0.05, 0) is 48.9 Å². The first-order valence-electron chi connectivity index (χ1n) is 8.05. The van der Waals surface area contributed by atoms with Crippen LogP contribution in [0, 0.1) is 6.92 Å². The molecule has 2 rings (SSSR count). The Bertz CT molecular complexity index is 533. The highest BCUT2D eigenvalue weighted by atomic mass is 14.9. The molecule has 0 bridgehead atoms. The third-order valence-electron chi connectivity index (χ3n) is 4.29. The summed E-state index contributed by atoms with van der Waals surface area (Å²) in [6.07, 6.45) is 2.26. The molecule has 0 fully saturated rings. The third-order valence-corrected chi connectivity index (χ3v) is 4.29. The average Bonchev–Trinajstić information content (AvgIpc) is 2.53. The van der Waals surface area contributed by atoms with Crippen molar-refractivity contribution in [2.45, 2.75) is 45.6 Å². The van der Waals surface area contributed by atoms with Crippen molar-refractivity contribution in [2.75, 3.05) is 6.54 Å². The van der Waals surface area contributed by atoms with Gasteiger partial charge in [-0.1, -0.05) is 68.4 Å². The van der Waals surface area contributed by atoms with E-state index in [-0.39, 0.29) is 0 Å². The van der Waals surface area contributed by atoms with Gasteiger partial charge in [0.05, 0.1) is 0 Å². The zero-order valence-electron chi connectivity index (χ0n) is 13.5. The summed E-state index contributed by atoms with van der Waals surface area (Å²) < 4.78 is 0. The van der Waals surface area contributed by atoms with E-state index in [0.717, 1.165) is 13.0 Å². The maximum absolute atomic E-state index is 3.74. The fourth-order valence-corrected chi connectivity index (χ4v) is 2.82. The summed E-state index contributed by atoms with van der Waals surface area (Å²) in [4.78, 5) is 0. The van der Waals surface area contributed by atoms with Gasteiger partial charge in [0.25, 0.3) is 0 Å². The van der Waals surface area contributed by atoms with E-state index in [4.69, 9.17) is 0 Å². The van der Waals surface area contributed by atoms with E-state index in [1.54, 1.807) is 0 Å². The van der Waals surface area contributed by atoms with Crippen LogP contribution in [-0.4, -0.2) is 12.6 Å². The Morgan fingerprint density at radius 3 is 2.29 bits per heavy atom. The third kappa shape index (κ3) is 4.44. The standard InChI is InChI=1S/C20H27N/c1-4-14-21-20(15-19-13-9-8-10-16(19)2)17(3)18-11-6-5-7-12-18/h5-13,17,20-21H,4,14-15H2,1-3H3. The maximum atomic E-state index is 3.74. The Balaban J connectivity index is 2.16. The molecule has 0 saturated heterocycles. The molecule has 1 nitrogen and oxygen atoms in total. The first-order chi connectivity index (χ1) is 10.2. The molecular formula is C20H27N. The smallest absolute Gasteiger partial charge is 0.0174 e. The maximum Gasteiger partial charge on any atom is 0.0174 e. The van der Waals surface area contributed by atoms with Crippen molar-refractivity contribution in [3.05, 3.63) is 71.3 Å². The summed E-state index contributed by atoms with van der Waals surface area (Å²) in [6.45, 7) is 7.85. The van der Waals surface area contributed by atoms with Crippen LogP contribution >= 0.6 is 0 Å². The van der Waals surface area contributed by atoms with Crippen LogP contribution in [0.5, 0.6) is 0 Å². The van der Waals surface area contributed by atoms with E-state index in [0.29, 0.717) is 12.0 Å². The van der Waals surface area contributed by atoms with Crippen molar-refractivity contribution in [3.8, 4) is 0 Å². The van der Waals surface area contributed by atoms with Crippen molar-refractivity contribution in [1.29, 1.82) is 0 Å². The van der Waals surface area contributed by atoms with Crippen molar-refractivity contribution in [3.63, 3.8) is 0 Å². The Hall–Kier alpha value is -1.60. The van der Waals surface area contributed by atoms with Gasteiger partial charge >= 0.3 is 0 Å². The van der Waals surface area contributed by atoms with Crippen LogP contribution in [-0.2, 0) is 6.42 Å². The summed E-state index contributed by atoms with van der Waals surface area (Å²) in [5.74, 6) is 0.511. The molecule has 2 unspecified atom stereocenters. The van der Waals surface area contributed by atoms with Gasteiger partial charge in [-0.3, -0.25) is 0 Å². The van der Waals surface area contributed by atoms with E-state index in [2.05, 4.69) is 80.7 Å². The fourth-order valence-electron chi connectivity index (χ4n) is 2.82. The number of nitrogens with one attached hydrogen (secondary N) is 1.